The van der Waals surface area contributed by atoms with Gasteiger partial charge >= 0.3 is 6.18 Å². The molecule has 0 saturated carbocycles. The summed E-state index contributed by atoms with van der Waals surface area (Å²) in [6.45, 7) is 2.76. The molecule has 19 heavy (non-hydrogen) atoms. The van der Waals surface area contributed by atoms with Crippen molar-refractivity contribution >= 4 is 0 Å². The van der Waals surface area contributed by atoms with Gasteiger partial charge in [-0.25, -0.2) is 0 Å². The van der Waals surface area contributed by atoms with Gasteiger partial charge in [0.25, 0.3) is 0 Å². The molecule has 2 aliphatic heterocycles. The highest BCUT2D eigenvalue weighted by Crippen LogP contribution is 2.32. The first-order chi connectivity index (χ1) is 8.99. The minimum Gasteiger partial charge on any atom is -0.378 e. The van der Waals surface area contributed by atoms with Crippen LogP contribution in [0.5, 0.6) is 0 Å². The summed E-state index contributed by atoms with van der Waals surface area (Å²) in [5.41, 5.74) is -0.137. The second-order valence-corrected chi connectivity index (χ2v) is 5.55. The van der Waals surface area contributed by atoms with E-state index in [9.17, 15) is 13.2 Å². The lowest BCUT2D eigenvalue weighted by Crippen LogP contribution is -2.47. The molecule has 1 spiro atoms. The van der Waals surface area contributed by atoms with Crippen LogP contribution in [0.25, 0.3) is 0 Å². The first-order valence-electron chi connectivity index (χ1n) is 7.01. The van der Waals surface area contributed by atoms with Crippen LogP contribution in [0.4, 0.5) is 13.2 Å². The van der Waals surface area contributed by atoms with E-state index in [1.54, 1.807) is 0 Å². The Balaban J connectivity index is 1.61. The van der Waals surface area contributed by atoms with Gasteiger partial charge in [-0.1, -0.05) is 0 Å². The van der Waals surface area contributed by atoms with E-state index >= 15 is 0 Å². The molecule has 0 bridgehead atoms. The summed E-state index contributed by atoms with van der Waals surface area (Å²) in [6.07, 6.45) is -1.16. The predicted molar refractivity (Wildman–Crippen MR) is 65.0 cm³/mol. The van der Waals surface area contributed by atoms with Crippen LogP contribution in [-0.4, -0.2) is 44.2 Å². The van der Waals surface area contributed by atoms with Crippen molar-refractivity contribution in [1.82, 2.24) is 5.32 Å². The summed E-state index contributed by atoms with van der Waals surface area (Å²) in [4.78, 5) is 0. The van der Waals surface area contributed by atoms with E-state index in [0.29, 0.717) is 32.2 Å². The maximum atomic E-state index is 12.0. The highest BCUT2D eigenvalue weighted by Gasteiger charge is 2.40. The van der Waals surface area contributed by atoms with Gasteiger partial charge < -0.3 is 14.8 Å². The average Bonchev–Trinajstić information content (AvgIpc) is 2.75. The van der Waals surface area contributed by atoms with E-state index in [1.165, 1.54) is 0 Å². The quantitative estimate of drug-likeness (QED) is 0.786. The lowest BCUT2D eigenvalue weighted by Gasteiger charge is -2.37. The molecule has 3 nitrogen and oxygen atoms in total. The van der Waals surface area contributed by atoms with Crippen LogP contribution >= 0.6 is 0 Å². The second-order valence-electron chi connectivity index (χ2n) is 5.55. The molecule has 2 aliphatic rings. The Hall–Kier alpha value is -0.330. The summed E-state index contributed by atoms with van der Waals surface area (Å²) in [6, 6.07) is 0.348. The fraction of sp³-hybridized carbons (Fsp3) is 1.00. The second kappa shape index (κ2) is 6.41. The minimum atomic E-state index is -4.02. The van der Waals surface area contributed by atoms with E-state index in [2.05, 4.69) is 5.32 Å². The molecular weight excluding hydrogens is 259 g/mol. The van der Waals surface area contributed by atoms with E-state index in [0.717, 1.165) is 25.9 Å². The molecule has 2 heterocycles. The molecule has 2 atom stereocenters. The normalized spacial score (nSPS) is 32.1. The van der Waals surface area contributed by atoms with Gasteiger partial charge in [0, 0.05) is 32.1 Å². The molecule has 0 aliphatic carbocycles. The largest absolute Gasteiger partial charge is 0.389 e. The zero-order chi connectivity index (χ0) is 13.8. The maximum absolute atomic E-state index is 12.0. The van der Waals surface area contributed by atoms with Crippen molar-refractivity contribution in [2.45, 2.75) is 56.3 Å². The lowest BCUT2D eigenvalue weighted by molar-refractivity contribution is -0.135. The molecule has 6 heteroatoms. The highest BCUT2D eigenvalue weighted by atomic mass is 19.4. The third-order valence-corrected chi connectivity index (χ3v) is 3.88. The Morgan fingerprint density at radius 3 is 2.74 bits per heavy atom. The number of rotatable bonds is 5. The van der Waals surface area contributed by atoms with Crippen molar-refractivity contribution in [3.63, 3.8) is 0 Å². The first kappa shape index (κ1) is 15.1. The van der Waals surface area contributed by atoms with Gasteiger partial charge in [0.15, 0.2) is 0 Å². The molecule has 2 rings (SSSR count). The number of nitrogens with one attached hydrogen (secondary N) is 1. The molecule has 112 valence electrons. The van der Waals surface area contributed by atoms with E-state index in [-0.39, 0.29) is 12.0 Å². The highest BCUT2D eigenvalue weighted by molar-refractivity contribution is 4.92. The predicted octanol–water partition coefficient (Wildman–Crippen LogP) is 2.65. The fourth-order valence-corrected chi connectivity index (χ4v) is 2.82. The summed E-state index contributed by atoms with van der Waals surface area (Å²) in [7, 11) is 0. The van der Waals surface area contributed by atoms with Crippen LogP contribution in [-0.2, 0) is 9.47 Å². The molecule has 0 amide bonds. The van der Waals surface area contributed by atoms with Gasteiger partial charge in [-0.3, -0.25) is 0 Å². The third kappa shape index (κ3) is 4.93. The van der Waals surface area contributed by atoms with E-state index < -0.39 is 12.6 Å². The lowest BCUT2D eigenvalue weighted by atomic mass is 9.89. The average molecular weight is 281 g/mol. The van der Waals surface area contributed by atoms with Crippen LogP contribution in [0.1, 0.15) is 38.5 Å². The zero-order valence-electron chi connectivity index (χ0n) is 11.1. The topological polar surface area (TPSA) is 30.5 Å². The molecule has 0 aromatic heterocycles. The van der Waals surface area contributed by atoms with Crippen molar-refractivity contribution in [3.8, 4) is 0 Å². The number of alkyl halides is 3. The maximum Gasteiger partial charge on any atom is 0.389 e. The van der Waals surface area contributed by atoms with Gasteiger partial charge in [-0.2, -0.15) is 13.2 Å². The van der Waals surface area contributed by atoms with Gasteiger partial charge in [0.2, 0.25) is 0 Å². The zero-order valence-corrected chi connectivity index (χ0v) is 11.1. The fourth-order valence-electron chi connectivity index (χ4n) is 2.82. The molecule has 0 radical (unpaired) electrons. The van der Waals surface area contributed by atoms with E-state index in [4.69, 9.17) is 9.47 Å². The number of ether oxygens (including phenoxy) is 2. The third-order valence-electron chi connectivity index (χ3n) is 3.88. The molecule has 2 fully saturated rings. The molecule has 1 N–H and O–H groups in total. The van der Waals surface area contributed by atoms with Crippen LogP contribution in [0.2, 0.25) is 0 Å². The van der Waals surface area contributed by atoms with Crippen molar-refractivity contribution in [2.24, 2.45) is 0 Å². The van der Waals surface area contributed by atoms with Crippen LogP contribution in [0.3, 0.4) is 0 Å². The summed E-state index contributed by atoms with van der Waals surface area (Å²) < 4.78 is 47.2. The van der Waals surface area contributed by atoms with Gasteiger partial charge in [0.1, 0.15) is 0 Å². The SMILES string of the molecule is FC(F)(F)CCCCNC1CCOC2(CCOC2)C1. The van der Waals surface area contributed by atoms with Crippen LogP contribution < -0.4 is 5.32 Å². The molecule has 2 unspecified atom stereocenters. The monoisotopic (exact) mass is 281 g/mol. The molecular formula is C13H22F3NO2. The molecule has 2 saturated heterocycles. The van der Waals surface area contributed by atoms with Gasteiger partial charge in [0.05, 0.1) is 12.2 Å². The van der Waals surface area contributed by atoms with Crippen LogP contribution in [0, 0.1) is 0 Å². The molecule has 0 aromatic carbocycles. The molecule has 0 aromatic rings. The summed E-state index contributed by atoms with van der Waals surface area (Å²) >= 11 is 0. The van der Waals surface area contributed by atoms with E-state index in [1.807, 2.05) is 0 Å². The Labute approximate surface area is 111 Å². The summed E-state index contributed by atoms with van der Waals surface area (Å²) in [5, 5.41) is 3.36. The number of hydrogen-bond donors (Lipinski definition) is 1. The Morgan fingerprint density at radius 1 is 1.21 bits per heavy atom. The van der Waals surface area contributed by atoms with Crippen molar-refractivity contribution in [2.75, 3.05) is 26.4 Å². The minimum absolute atomic E-state index is 0.137. The number of hydrogen-bond acceptors (Lipinski definition) is 3. The smallest absolute Gasteiger partial charge is 0.378 e. The summed E-state index contributed by atoms with van der Waals surface area (Å²) in [5.74, 6) is 0. The Bertz CT molecular complexity index is 278. The Kier molecular flexibility index (Phi) is 5.09. The first-order valence-corrected chi connectivity index (χ1v) is 7.01. The Morgan fingerprint density at radius 2 is 2.05 bits per heavy atom. The number of halogens is 3. The number of unbranched alkanes of at least 4 members (excludes halogenated alkanes) is 1. The standard InChI is InChI=1S/C13H22F3NO2/c14-13(15,16)4-1-2-6-17-11-3-7-19-12(9-11)5-8-18-10-12/h11,17H,1-10H2. The van der Waals surface area contributed by atoms with Crippen molar-refractivity contribution in [1.29, 1.82) is 0 Å². The van der Waals surface area contributed by atoms with Gasteiger partial charge in [-0.05, 0) is 32.2 Å². The van der Waals surface area contributed by atoms with Crippen molar-refractivity contribution in [3.05, 3.63) is 0 Å². The van der Waals surface area contributed by atoms with Gasteiger partial charge in [-0.15, -0.1) is 0 Å². The van der Waals surface area contributed by atoms with Crippen LogP contribution in [0.15, 0.2) is 0 Å². The van der Waals surface area contributed by atoms with Crippen molar-refractivity contribution < 1.29 is 22.6 Å².